The van der Waals surface area contributed by atoms with Crippen LogP contribution < -0.4 is 5.73 Å². The van der Waals surface area contributed by atoms with E-state index in [0.29, 0.717) is 16.4 Å². The molecule has 0 aliphatic heterocycles. The fourth-order valence-corrected chi connectivity index (χ4v) is 2.09. The van der Waals surface area contributed by atoms with Gasteiger partial charge in [0.15, 0.2) is 5.13 Å². The van der Waals surface area contributed by atoms with Crippen LogP contribution in [0.1, 0.15) is 5.56 Å². The summed E-state index contributed by atoms with van der Waals surface area (Å²) in [6, 6.07) is 4.95. The standard InChI is InChI=1S/C10H9N3O2S/c1-6-3-2-4-8(13(14)15)9(6)7-5-16-10(11)12-7/h2-5H,1H3,(H2,11,12). The number of nitrogens with zero attached hydrogens (tertiary/aromatic N) is 2. The highest BCUT2D eigenvalue weighted by atomic mass is 32.1. The molecule has 0 radical (unpaired) electrons. The van der Waals surface area contributed by atoms with Gasteiger partial charge in [0.05, 0.1) is 16.2 Å². The van der Waals surface area contributed by atoms with Crippen LogP contribution in [-0.2, 0) is 0 Å². The lowest BCUT2D eigenvalue weighted by Crippen LogP contribution is -1.94. The van der Waals surface area contributed by atoms with Crippen LogP contribution in [-0.4, -0.2) is 9.91 Å². The number of thiazole rings is 1. The van der Waals surface area contributed by atoms with Crippen molar-refractivity contribution in [2.75, 3.05) is 5.73 Å². The second-order valence-electron chi connectivity index (χ2n) is 3.30. The van der Waals surface area contributed by atoms with Crippen LogP contribution in [0.2, 0.25) is 0 Å². The molecule has 5 nitrogen and oxygen atoms in total. The molecule has 0 aliphatic carbocycles. The predicted octanol–water partition coefficient (Wildman–Crippen LogP) is 2.61. The second-order valence-corrected chi connectivity index (χ2v) is 4.19. The van der Waals surface area contributed by atoms with E-state index in [1.54, 1.807) is 11.4 Å². The van der Waals surface area contributed by atoms with Gasteiger partial charge in [0.25, 0.3) is 5.69 Å². The monoisotopic (exact) mass is 235 g/mol. The Morgan fingerprint density at radius 1 is 1.50 bits per heavy atom. The van der Waals surface area contributed by atoms with Crippen molar-refractivity contribution >= 4 is 22.2 Å². The normalized spacial score (nSPS) is 10.3. The summed E-state index contributed by atoms with van der Waals surface area (Å²) < 4.78 is 0. The van der Waals surface area contributed by atoms with Gasteiger partial charge < -0.3 is 5.73 Å². The summed E-state index contributed by atoms with van der Waals surface area (Å²) in [5.74, 6) is 0. The number of hydrogen-bond acceptors (Lipinski definition) is 5. The Kier molecular flexibility index (Phi) is 2.57. The zero-order chi connectivity index (χ0) is 11.7. The van der Waals surface area contributed by atoms with Crippen LogP contribution in [0.5, 0.6) is 0 Å². The minimum Gasteiger partial charge on any atom is -0.375 e. The first kappa shape index (κ1) is 10.6. The Bertz CT molecular complexity index is 551. The zero-order valence-corrected chi connectivity index (χ0v) is 9.32. The van der Waals surface area contributed by atoms with Crippen LogP contribution in [0.3, 0.4) is 0 Å². The van der Waals surface area contributed by atoms with Gasteiger partial charge in [-0.3, -0.25) is 10.1 Å². The molecule has 0 fully saturated rings. The molecule has 0 aliphatic rings. The summed E-state index contributed by atoms with van der Waals surface area (Å²) >= 11 is 1.27. The lowest BCUT2D eigenvalue weighted by Gasteiger charge is -2.03. The molecule has 2 aromatic rings. The van der Waals surface area contributed by atoms with Gasteiger partial charge in [-0.15, -0.1) is 11.3 Å². The van der Waals surface area contributed by atoms with Crippen LogP contribution in [0.4, 0.5) is 10.8 Å². The SMILES string of the molecule is Cc1cccc([N+](=O)[O-])c1-c1csc(N)n1. The maximum atomic E-state index is 10.9. The number of rotatable bonds is 2. The summed E-state index contributed by atoms with van der Waals surface area (Å²) in [7, 11) is 0. The fraction of sp³-hybridized carbons (Fsp3) is 0.100. The lowest BCUT2D eigenvalue weighted by atomic mass is 10.0. The molecule has 1 aromatic carbocycles. The number of nitro benzene ring substituents is 1. The summed E-state index contributed by atoms with van der Waals surface area (Å²) in [5, 5.41) is 13.0. The maximum absolute atomic E-state index is 10.9. The number of anilines is 1. The Morgan fingerprint density at radius 3 is 2.81 bits per heavy atom. The van der Waals surface area contributed by atoms with Crippen molar-refractivity contribution < 1.29 is 4.92 Å². The van der Waals surface area contributed by atoms with Crippen molar-refractivity contribution in [3.8, 4) is 11.3 Å². The van der Waals surface area contributed by atoms with Gasteiger partial charge in [-0.1, -0.05) is 12.1 Å². The van der Waals surface area contributed by atoms with E-state index in [0.717, 1.165) is 5.56 Å². The number of nitro groups is 1. The molecule has 0 unspecified atom stereocenters. The van der Waals surface area contributed by atoms with Gasteiger partial charge >= 0.3 is 0 Å². The molecule has 2 rings (SSSR count). The zero-order valence-electron chi connectivity index (χ0n) is 8.51. The van der Waals surface area contributed by atoms with Gasteiger partial charge in [-0.05, 0) is 12.5 Å². The van der Waals surface area contributed by atoms with E-state index >= 15 is 0 Å². The molecule has 82 valence electrons. The van der Waals surface area contributed by atoms with E-state index in [9.17, 15) is 10.1 Å². The van der Waals surface area contributed by atoms with Crippen molar-refractivity contribution in [1.82, 2.24) is 4.98 Å². The molecule has 0 spiro atoms. The molecule has 0 saturated heterocycles. The molecule has 0 saturated carbocycles. The van der Waals surface area contributed by atoms with Gasteiger partial charge in [0.1, 0.15) is 0 Å². The number of hydrogen-bond donors (Lipinski definition) is 1. The number of aryl methyl sites for hydroxylation is 1. The van der Waals surface area contributed by atoms with E-state index in [1.165, 1.54) is 17.4 Å². The molecular weight excluding hydrogens is 226 g/mol. The summed E-state index contributed by atoms with van der Waals surface area (Å²) in [4.78, 5) is 14.6. The molecule has 1 aromatic heterocycles. The third kappa shape index (κ3) is 1.74. The number of benzene rings is 1. The highest BCUT2D eigenvalue weighted by Crippen LogP contribution is 2.33. The van der Waals surface area contributed by atoms with Crippen LogP contribution in [0.25, 0.3) is 11.3 Å². The van der Waals surface area contributed by atoms with Crippen LogP contribution in [0, 0.1) is 17.0 Å². The predicted molar refractivity (Wildman–Crippen MR) is 63.4 cm³/mol. The van der Waals surface area contributed by atoms with E-state index in [-0.39, 0.29) is 5.69 Å². The molecule has 0 bridgehead atoms. The Morgan fingerprint density at radius 2 is 2.25 bits per heavy atom. The third-order valence-electron chi connectivity index (χ3n) is 2.23. The van der Waals surface area contributed by atoms with Crippen molar-refractivity contribution in [3.05, 3.63) is 39.3 Å². The average molecular weight is 235 g/mol. The van der Waals surface area contributed by atoms with Crippen molar-refractivity contribution in [3.63, 3.8) is 0 Å². The Labute approximate surface area is 95.7 Å². The van der Waals surface area contributed by atoms with E-state index in [2.05, 4.69) is 4.98 Å². The molecule has 0 amide bonds. The topological polar surface area (TPSA) is 82.0 Å². The molecule has 16 heavy (non-hydrogen) atoms. The number of nitrogens with two attached hydrogens (primary N) is 1. The first-order valence-corrected chi connectivity index (χ1v) is 5.43. The van der Waals surface area contributed by atoms with E-state index in [4.69, 9.17) is 5.73 Å². The summed E-state index contributed by atoms with van der Waals surface area (Å²) in [5.41, 5.74) is 7.51. The smallest absolute Gasteiger partial charge is 0.279 e. The maximum Gasteiger partial charge on any atom is 0.279 e. The molecule has 2 N–H and O–H groups in total. The number of aromatic nitrogens is 1. The van der Waals surface area contributed by atoms with Gasteiger partial charge in [-0.25, -0.2) is 4.98 Å². The molecule has 0 atom stereocenters. The second kappa shape index (κ2) is 3.90. The molecule has 6 heteroatoms. The number of nitrogen functional groups attached to an aromatic ring is 1. The summed E-state index contributed by atoms with van der Waals surface area (Å²) in [6.07, 6.45) is 0. The Balaban J connectivity index is 2.67. The van der Waals surface area contributed by atoms with E-state index < -0.39 is 4.92 Å². The first-order valence-electron chi connectivity index (χ1n) is 4.55. The van der Waals surface area contributed by atoms with Gasteiger partial charge in [-0.2, -0.15) is 0 Å². The lowest BCUT2D eigenvalue weighted by molar-refractivity contribution is -0.384. The fourth-order valence-electron chi connectivity index (χ4n) is 1.54. The first-order chi connectivity index (χ1) is 7.59. The Hall–Kier alpha value is -1.95. The average Bonchev–Trinajstić information content (AvgIpc) is 2.64. The minimum atomic E-state index is -0.405. The molecule has 1 heterocycles. The van der Waals surface area contributed by atoms with Crippen molar-refractivity contribution in [1.29, 1.82) is 0 Å². The molecular formula is C10H9N3O2S. The minimum absolute atomic E-state index is 0.0605. The largest absolute Gasteiger partial charge is 0.375 e. The van der Waals surface area contributed by atoms with Crippen LogP contribution >= 0.6 is 11.3 Å². The van der Waals surface area contributed by atoms with Crippen molar-refractivity contribution in [2.45, 2.75) is 6.92 Å². The van der Waals surface area contributed by atoms with Gasteiger partial charge in [0.2, 0.25) is 0 Å². The quantitative estimate of drug-likeness (QED) is 0.640. The highest BCUT2D eigenvalue weighted by Gasteiger charge is 2.18. The van der Waals surface area contributed by atoms with Crippen molar-refractivity contribution in [2.24, 2.45) is 0 Å². The third-order valence-corrected chi connectivity index (χ3v) is 2.90. The van der Waals surface area contributed by atoms with Crippen LogP contribution in [0.15, 0.2) is 23.6 Å². The van der Waals surface area contributed by atoms with E-state index in [1.807, 2.05) is 13.0 Å². The highest BCUT2D eigenvalue weighted by molar-refractivity contribution is 7.13. The summed E-state index contributed by atoms with van der Waals surface area (Å²) in [6.45, 7) is 1.82. The van der Waals surface area contributed by atoms with Gasteiger partial charge in [0, 0.05) is 11.4 Å².